The predicted octanol–water partition coefficient (Wildman–Crippen LogP) is 3.89. The van der Waals surface area contributed by atoms with Crippen LogP contribution < -0.4 is 4.74 Å². The van der Waals surface area contributed by atoms with Gasteiger partial charge in [-0.1, -0.05) is 30.3 Å². The molecule has 0 amide bonds. The highest BCUT2D eigenvalue weighted by atomic mass is 32.2. The molecule has 0 radical (unpaired) electrons. The molecule has 4 rings (SSSR count). The van der Waals surface area contributed by atoms with Crippen LogP contribution in [0.25, 0.3) is 5.69 Å². The molecule has 0 N–H and O–H groups in total. The SMILES string of the molecule is Cc1nn(-c2ccccc2)c(C)c1CN1CCN(S(=O)(=O)c2ccccc2OC(F)(F)F)CC1. The van der Waals surface area contributed by atoms with Crippen LogP contribution in [0.2, 0.25) is 0 Å². The third-order valence-corrected chi connectivity index (χ3v) is 7.79. The van der Waals surface area contributed by atoms with Gasteiger partial charge in [0.15, 0.2) is 0 Å². The monoisotopic (exact) mass is 494 g/mol. The van der Waals surface area contributed by atoms with Crippen LogP contribution in [0.15, 0.2) is 59.5 Å². The summed E-state index contributed by atoms with van der Waals surface area (Å²) < 4.78 is 71.4. The molecule has 2 aromatic carbocycles. The number of rotatable bonds is 6. The Kier molecular flexibility index (Phi) is 6.70. The lowest BCUT2D eigenvalue weighted by Crippen LogP contribution is -2.48. The van der Waals surface area contributed by atoms with Crippen LogP contribution in [0, 0.1) is 13.8 Å². The third-order valence-electron chi connectivity index (χ3n) is 5.85. The van der Waals surface area contributed by atoms with Crippen LogP contribution in [-0.2, 0) is 16.6 Å². The fourth-order valence-electron chi connectivity index (χ4n) is 4.09. The molecule has 11 heteroatoms. The van der Waals surface area contributed by atoms with Gasteiger partial charge in [0.05, 0.1) is 11.4 Å². The number of alkyl halides is 3. The predicted molar refractivity (Wildman–Crippen MR) is 120 cm³/mol. The van der Waals surface area contributed by atoms with Crippen LogP contribution in [0.4, 0.5) is 13.2 Å². The van der Waals surface area contributed by atoms with Crippen LogP contribution in [0.1, 0.15) is 17.0 Å². The van der Waals surface area contributed by atoms with Crippen molar-refractivity contribution >= 4 is 10.0 Å². The van der Waals surface area contributed by atoms with E-state index in [2.05, 4.69) is 14.7 Å². The van der Waals surface area contributed by atoms with E-state index < -0.39 is 27.0 Å². The van der Waals surface area contributed by atoms with Gasteiger partial charge in [0.25, 0.3) is 0 Å². The van der Waals surface area contributed by atoms with Gasteiger partial charge in [0.2, 0.25) is 10.0 Å². The molecule has 2 heterocycles. The number of hydrogen-bond acceptors (Lipinski definition) is 5. The number of nitrogens with zero attached hydrogens (tertiary/aromatic N) is 4. The second-order valence-electron chi connectivity index (χ2n) is 8.07. The first kappa shape index (κ1) is 24.2. The fraction of sp³-hybridized carbons (Fsp3) is 0.348. The van der Waals surface area contributed by atoms with Gasteiger partial charge in [-0.15, -0.1) is 13.2 Å². The van der Waals surface area contributed by atoms with Gasteiger partial charge >= 0.3 is 6.36 Å². The Morgan fingerprint density at radius 1 is 0.941 bits per heavy atom. The molecule has 1 saturated heterocycles. The van der Waals surface area contributed by atoms with Crippen molar-refractivity contribution < 1.29 is 26.3 Å². The van der Waals surface area contributed by atoms with E-state index in [4.69, 9.17) is 0 Å². The van der Waals surface area contributed by atoms with E-state index in [0.29, 0.717) is 19.6 Å². The average Bonchev–Trinajstić information content (AvgIpc) is 3.07. The molecule has 1 fully saturated rings. The maximum absolute atomic E-state index is 13.1. The lowest BCUT2D eigenvalue weighted by Gasteiger charge is -2.34. The first-order chi connectivity index (χ1) is 16.1. The topological polar surface area (TPSA) is 67.7 Å². The van der Waals surface area contributed by atoms with Crippen molar-refractivity contribution in [2.75, 3.05) is 26.2 Å². The van der Waals surface area contributed by atoms with Crippen molar-refractivity contribution in [3.05, 3.63) is 71.5 Å². The van der Waals surface area contributed by atoms with E-state index >= 15 is 0 Å². The van der Waals surface area contributed by atoms with Crippen molar-refractivity contribution in [2.24, 2.45) is 0 Å². The molecule has 0 aliphatic carbocycles. The standard InChI is InChI=1S/C23H25F3N4O3S/c1-17-20(18(2)30(27-17)19-8-4-3-5-9-19)16-28-12-14-29(15-13-28)34(31,32)22-11-7-6-10-21(22)33-23(24,25)26/h3-11H,12-16H2,1-2H3. The summed E-state index contributed by atoms with van der Waals surface area (Å²) in [4.78, 5) is 1.63. The number of hydrogen-bond donors (Lipinski definition) is 0. The van der Waals surface area contributed by atoms with Crippen LogP contribution >= 0.6 is 0 Å². The Hall–Kier alpha value is -2.89. The molecule has 0 spiro atoms. The molecule has 0 unspecified atom stereocenters. The summed E-state index contributed by atoms with van der Waals surface area (Å²) in [5, 5.41) is 4.66. The zero-order valence-corrected chi connectivity index (χ0v) is 19.6. The molecule has 0 bridgehead atoms. The number of halogens is 3. The highest BCUT2D eigenvalue weighted by molar-refractivity contribution is 7.89. The first-order valence-corrected chi connectivity index (χ1v) is 12.2. The lowest BCUT2D eigenvalue weighted by atomic mass is 10.1. The first-order valence-electron chi connectivity index (χ1n) is 10.7. The Labute approximate surface area is 196 Å². The minimum Gasteiger partial charge on any atom is -0.404 e. The zero-order valence-electron chi connectivity index (χ0n) is 18.8. The molecule has 3 aromatic rings. The van der Waals surface area contributed by atoms with Crippen molar-refractivity contribution in [1.82, 2.24) is 19.0 Å². The van der Waals surface area contributed by atoms with E-state index in [1.807, 2.05) is 48.9 Å². The van der Waals surface area contributed by atoms with E-state index in [9.17, 15) is 21.6 Å². The second-order valence-corrected chi connectivity index (χ2v) is 9.98. The van der Waals surface area contributed by atoms with Gasteiger partial charge in [0, 0.05) is 44.0 Å². The van der Waals surface area contributed by atoms with Gasteiger partial charge < -0.3 is 4.74 Å². The quantitative estimate of drug-likeness (QED) is 0.520. The summed E-state index contributed by atoms with van der Waals surface area (Å²) in [6.07, 6.45) is -4.98. The van der Waals surface area contributed by atoms with E-state index in [-0.39, 0.29) is 13.1 Å². The van der Waals surface area contributed by atoms with E-state index in [1.54, 1.807) is 0 Å². The van der Waals surface area contributed by atoms with E-state index in [0.717, 1.165) is 34.8 Å². The lowest BCUT2D eigenvalue weighted by molar-refractivity contribution is -0.275. The molecule has 1 aliphatic rings. The van der Waals surface area contributed by atoms with Gasteiger partial charge in [-0.2, -0.15) is 9.40 Å². The molecule has 0 atom stereocenters. The number of piperazine rings is 1. The van der Waals surface area contributed by atoms with Gasteiger partial charge in [-0.25, -0.2) is 13.1 Å². The van der Waals surface area contributed by atoms with Crippen LogP contribution in [0.3, 0.4) is 0 Å². The number of aromatic nitrogens is 2. The molecule has 34 heavy (non-hydrogen) atoms. The third kappa shape index (κ3) is 5.11. The molecule has 1 aliphatic heterocycles. The molecular formula is C23H25F3N4O3S. The van der Waals surface area contributed by atoms with Crippen molar-refractivity contribution in [2.45, 2.75) is 31.7 Å². The van der Waals surface area contributed by atoms with Gasteiger partial charge in [0.1, 0.15) is 10.6 Å². The van der Waals surface area contributed by atoms with E-state index in [1.165, 1.54) is 16.4 Å². The van der Waals surface area contributed by atoms with Crippen molar-refractivity contribution in [1.29, 1.82) is 0 Å². The van der Waals surface area contributed by atoms with Crippen molar-refractivity contribution in [3.63, 3.8) is 0 Å². The Bertz CT molecular complexity index is 1250. The maximum Gasteiger partial charge on any atom is 0.573 e. The minimum atomic E-state index is -4.98. The fourth-order valence-corrected chi connectivity index (χ4v) is 5.62. The van der Waals surface area contributed by atoms with Crippen molar-refractivity contribution in [3.8, 4) is 11.4 Å². The summed E-state index contributed by atoms with van der Waals surface area (Å²) >= 11 is 0. The summed E-state index contributed by atoms with van der Waals surface area (Å²) in [6.45, 7) is 5.75. The summed E-state index contributed by atoms with van der Waals surface area (Å²) in [5.74, 6) is -0.725. The molecule has 0 saturated carbocycles. The second kappa shape index (κ2) is 9.40. The molecule has 1 aromatic heterocycles. The minimum absolute atomic E-state index is 0.160. The molecule has 182 valence electrons. The Morgan fingerprint density at radius 3 is 2.21 bits per heavy atom. The van der Waals surface area contributed by atoms with Gasteiger partial charge in [-0.3, -0.25) is 4.90 Å². The number of para-hydroxylation sites is 2. The number of ether oxygens (including phenoxy) is 1. The average molecular weight is 495 g/mol. The molecule has 7 nitrogen and oxygen atoms in total. The highest BCUT2D eigenvalue weighted by Crippen LogP contribution is 2.32. The summed E-state index contributed by atoms with van der Waals surface area (Å²) in [5.41, 5.74) is 3.95. The Morgan fingerprint density at radius 2 is 1.56 bits per heavy atom. The number of benzene rings is 2. The summed E-state index contributed by atoms with van der Waals surface area (Å²) in [7, 11) is -4.14. The molecular weight excluding hydrogens is 469 g/mol. The number of aryl methyl sites for hydroxylation is 1. The number of sulfonamides is 1. The largest absolute Gasteiger partial charge is 0.573 e. The summed E-state index contributed by atoms with van der Waals surface area (Å²) in [6, 6.07) is 14.6. The highest BCUT2D eigenvalue weighted by Gasteiger charge is 2.36. The van der Waals surface area contributed by atoms with Gasteiger partial charge in [-0.05, 0) is 38.1 Å². The smallest absolute Gasteiger partial charge is 0.404 e. The maximum atomic E-state index is 13.1. The Balaban J connectivity index is 1.46. The van der Waals surface area contributed by atoms with Crippen LogP contribution in [-0.4, -0.2) is 59.9 Å². The zero-order chi connectivity index (χ0) is 24.5. The van der Waals surface area contributed by atoms with Crippen LogP contribution in [0.5, 0.6) is 5.75 Å². The normalized spacial score (nSPS) is 16.0.